The number of rotatable bonds is 5. The van der Waals surface area contributed by atoms with Crippen LogP contribution in [-0.4, -0.2) is 25.1 Å². The summed E-state index contributed by atoms with van der Waals surface area (Å²) in [5.74, 6) is 0.543. The predicted octanol–water partition coefficient (Wildman–Crippen LogP) is 2.79. The highest BCUT2D eigenvalue weighted by atomic mass is 16.5. The van der Waals surface area contributed by atoms with Gasteiger partial charge in [-0.1, -0.05) is 19.3 Å². The summed E-state index contributed by atoms with van der Waals surface area (Å²) in [7, 11) is 1.58. The van der Waals surface area contributed by atoms with Crippen LogP contribution < -0.4 is 20.7 Å². The van der Waals surface area contributed by atoms with Gasteiger partial charge in [-0.3, -0.25) is 4.79 Å². The van der Waals surface area contributed by atoms with E-state index in [1.165, 1.54) is 26.2 Å². The Bertz CT molecular complexity index is 554. The number of urea groups is 1. The Labute approximate surface area is 137 Å². The minimum Gasteiger partial charge on any atom is -0.496 e. The van der Waals surface area contributed by atoms with Gasteiger partial charge in [-0.2, -0.15) is 0 Å². The second kappa shape index (κ2) is 8.41. The van der Waals surface area contributed by atoms with E-state index in [9.17, 15) is 9.59 Å². The normalized spacial score (nSPS) is 14.9. The number of ether oxygens (including phenoxy) is 1. The Balaban J connectivity index is 1.92. The zero-order valence-corrected chi connectivity index (χ0v) is 13.8. The van der Waals surface area contributed by atoms with Crippen molar-refractivity contribution in [3.63, 3.8) is 0 Å². The molecular weight excluding hydrogens is 294 g/mol. The standard InChI is InChI=1S/C17H25N3O3/c1-12(21)19-15-8-9-16(23-2)13(10-15)11-18-17(22)20-14-6-4-3-5-7-14/h8-10,14H,3-7,11H2,1-2H3,(H,19,21)(H2,18,20,22). The molecule has 0 radical (unpaired) electrons. The van der Waals surface area contributed by atoms with Crippen molar-refractivity contribution in [1.82, 2.24) is 10.6 Å². The summed E-state index contributed by atoms with van der Waals surface area (Å²) in [4.78, 5) is 23.2. The van der Waals surface area contributed by atoms with Crippen molar-refractivity contribution in [1.29, 1.82) is 0 Å². The monoisotopic (exact) mass is 319 g/mol. The summed E-state index contributed by atoms with van der Waals surface area (Å²) in [6, 6.07) is 5.47. The van der Waals surface area contributed by atoms with E-state index in [-0.39, 0.29) is 18.0 Å². The molecule has 0 unspecified atom stereocenters. The molecule has 0 saturated heterocycles. The molecule has 0 atom stereocenters. The molecule has 0 aromatic heterocycles. The molecule has 3 amide bonds. The van der Waals surface area contributed by atoms with E-state index >= 15 is 0 Å². The van der Waals surface area contributed by atoms with Gasteiger partial charge in [0, 0.05) is 30.8 Å². The lowest BCUT2D eigenvalue weighted by Crippen LogP contribution is -2.42. The maximum absolute atomic E-state index is 12.0. The van der Waals surface area contributed by atoms with Crippen LogP contribution in [0, 0.1) is 0 Å². The number of hydrogen-bond acceptors (Lipinski definition) is 3. The first kappa shape index (κ1) is 17.1. The number of carbonyl (C=O) groups excluding carboxylic acids is 2. The first-order valence-electron chi connectivity index (χ1n) is 8.07. The smallest absolute Gasteiger partial charge is 0.315 e. The number of benzene rings is 1. The summed E-state index contributed by atoms with van der Waals surface area (Å²) in [6.45, 7) is 1.80. The fourth-order valence-electron chi connectivity index (χ4n) is 2.86. The molecule has 1 aliphatic rings. The quantitative estimate of drug-likeness (QED) is 0.781. The molecule has 126 valence electrons. The fraction of sp³-hybridized carbons (Fsp3) is 0.529. The van der Waals surface area contributed by atoms with Crippen LogP contribution in [0.5, 0.6) is 5.75 Å². The van der Waals surface area contributed by atoms with Crippen LogP contribution in [0.1, 0.15) is 44.6 Å². The van der Waals surface area contributed by atoms with Gasteiger partial charge in [-0.15, -0.1) is 0 Å². The van der Waals surface area contributed by atoms with Crippen LogP contribution in [0.25, 0.3) is 0 Å². The van der Waals surface area contributed by atoms with E-state index in [4.69, 9.17) is 4.74 Å². The molecule has 1 aliphatic carbocycles. The average molecular weight is 319 g/mol. The van der Waals surface area contributed by atoms with Gasteiger partial charge < -0.3 is 20.7 Å². The molecular formula is C17H25N3O3. The largest absolute Gasteiger partial charge is 0.496 e. The van der Waals surface area contributed by atoms with Gasteiger partial charge in [0.05, 0.1) is 7.11 Å². The molecule has 6 heteroatoms. The van der Waals surface area contributed by atoms with Crippen LogP contribution in [0.2, 0.25) is 0 Å². The average Bonchev–Trinajstić information content (AvgIpc) is 2.53. The van der Waals surface area contributed by atoms with Crippen LogP contribution in [0.15, 0.2) is 18.2 Å². The second-order valence-corrected chi connectivity index (χ2v) is 5.87. The van der Waals surface area contributed by atoms with E-state index in [1.54, 1.807) is 25.3 Å². The third-order valence-electron chi connectivity index (χ3n) is 3.98. The third kappa shape index (κ3) is 5.47. The molecule has 2 rings (SSSR count). The van der Waals surface area contributed by atoms with Crippen molar-refractivity contribution in [2.75, 3.05) is 12.4 Å². The van der Waals surface area contributed by atoms with Gasteiger partial charge in [0.2, 0.25) is 5.91 Å². The van der Waals surface area contributed by atoms with Crippen molar-refractivity contribution in [2.24, 2.45) is 0 Å². The maximum Gasteiger partial charge on any atom is 0.315 e. The van der Waals surface area contributed by atoms with Crippen molar-refractivity contribution in [2.45, 2.75) is 51.6 Å². The Hall–Kier alpha value is -2.24. The summed E-state index contributed by atoms with van der Waals surface area (Å²) >= 11 is 0. The van der Waals surface area contributed by atoms with Crippen LogP contribution in [0.4, 0.5) is 10.5 Å². The van der Waals surface area contributed by atoms with Gasteiger partial charge in [-0.25, -0.2) is 4.79 Å². The zero-order chi connectivity index (χ0) is 16.7. The summed E-state index contributed by atoms with van der Waals surface area (Å²) in [5.41, 5.74) is 1.50. The Morgan fingerprint density at radius 3 is 2.61 bits per heavy atom. The van der Waals surface area contributed by atoms with E-state index in [1.807, 2.05) is 0 Å². The number of nitrogens with one attached hydrogen (secondary N) is 3. The summed E-state index contributed by atoms with van der Waals surface area (Å²) in [6.07, 6.45) is 5.71. The first-order valence-corrected chi connectivity index (χ1v) is 8.07. The number of methoxy groups -OCH3 is 1. The molecule has 0 spiro atoms. The zero-order valence-electron chi connectivity index (χ0n) is 13.8. The minimum absolute atomic E-state index is 0.135. The first-order chi connectivity index (χ1) is 11.1. The Morgan fingerprint density at radius 1 is 1.22 bits per heavy atom. The molecule has 0 heterocycles. The van der Waals surface area contributed by atoms with E-state index in [0.717, 1.165) is 18.4 Å². The maximum atomic E-state index is 12.0. The van der Waals surface area contributed by atoms with Crippen molar-refractivity contribution >= 4 is 17.6 Å². The predicted molar refractivity (Wildman–Crippen MR) is 89.5 cm³/mol. The fourth-order valence-corrected chi connectivity index (χ4v) is 2.86. The lowest BCUT2D eigenvalue weighted by molar-refractivity contribution is -0.114. The van der Waals surface area contributed by atoms with Crippen LogP contribution in [0.3, 0.4) is 0 Å². The number of anilines is 1. The van der Waals surface area contributed by atoms with E-state index in [2.05, 4.69) is 16.0 Å². The Kier molecular flexibility index (Phi) is 6.26. The topological polar surface area (TPSA) is 79.5 Å². The summed E-state index contributed by atoms with van der Waals surface area (Å²) < 4.78 is 5.30. The van der Waals surface area contributed by atoms with Gasteiger partial charge in [0.25, 0.3) is 0 Å². The minimum atomic E-state index is -0.163. The number of carbonyl (C=O) groups is 2. The van der Waals surface area contributed by atoms with Gasteiger partial charge in [-0.05, 0) is 31.0 Å². The van der Waals surface area contributed by atoms with Crippen molar-refractivity contribution in [3.8, 4) is 5.75 Å². The highest BCUT2D eigenvalue weighted by Gasteiger charge is 2.15. The highest BCUT2D eigenvalue weighted by molar-refractivity contribution is 5.88. The van der Waals surface area contributed by atoms with E-state index < -0.39 is 0 Å². The van der Waals surface area contributed by atoms with Crippen molar-refractivity contribution in [3.05, 3.63) is 23.8 Å². The molecule has 1 aromatic carbocycles. The molecule has 6 nitrogen and oxygen atoms in total. The highest BCUT2D eigenvalue weighted by Crippen LogP contribution is 2.22. The summed E-state index contributed by atoms with van der Waals surface area (Å²) in [5, 5.41) is 8.60. The molecule has 1 fully saturated rings. The SMILES string of the molecule is COc1ccc(NC(C)=O)cc1CNC(=O)NC1CCCCC1. The van der Waals surface area contributed by atoms with E-state index in [0.29, 0.717) is 18.0 Å². The van der Waals surface area contributed by atoms with Gasteiger partial charge in [0.1, 0.15) is 5.75 Å². The molecule has 0 bridgehead atoms. The van der Waals surface area contributed by atoms with Gasteiger partial charge >= 0.3 is 6.03 Å². The molecule has 0 aliphatic heterocycles. The van der Waals surface area contributed by atoms with Crippen LogP contribution >= 0.6 is 0 Å². The molecule has 3 N–H and O–H groups in total. The van der Waals surface area contributed by atoms with Crippen molar-refractivity contribution < 1.29 is 14.3 Å². The van der Waals surface area contributed by atoms with Gasteiger partial charge in [0.15, 0.2) is 0 Å². The molecule has 1 saturated carbocycles. The third-order valence-corrected chi connectivity index (χ3v) is 3.98. The van der Waals surface area contributed by atoms with Crippen LogP contribution in [-0.2, 0) is 11.3 Å². The number of hydrogen-bond donors (Lipinski definition) is 3. The molecule has 1 aromatic rings. The Morgan fingerprint density at radius 2 is 1.96 bits per heavy atom. The lowest BCUT2D eigenvalue weighted by Gasteiger charge is -2.23. The lowest BCUT2D eigenvalue weighted by atomic mass is 9.96. The number of amides is 3. The second-order valence-electron chi connectivity index (χ2n) is 5.87. The molecule has 23 heavy (non-hydrogen) atoms.